The standard InChI is InChI=1S/C22H25N5O3/c1-2-11-26(18-10-12-25(15-18)22(29)30)21(28)20-9-8-19(24-20)16-13-23-27(14-16)17-6-4-3-5-7-17/h3-9,13-14,18,24H,2,10-12,15H2,1H3,(H,29,30)/t18-/m1/s1. The lowest BCUT2D eigenvalue weighted by Crippen LogP contribution is -2.43. The van der Waals surface area contributed by atoms with Gasteiger partial charge in [0.15, 0.2) is 0 Å². The van der Waals surface area contributed by atoms with E-state index < -0.39 is 6.09 Å². The summed E-state index contributed by atoms with van der Waals surface area (Å²) in [5, 5.41) is 13.6. The van der Waals surface area contributed by atoms with Gasteiger partial charge in [-0.05, 0) is 37.1 Å². The third kappa shape index (κ3) is 3.94. The Bertz CT molecular complexity index is 1030. The molecular weight excluding hydrogens is 382 g/mol. The predicted octanol–water partition coefficient (Wildman–Crippen LogP) is 3.47. The first-order valence-corrected chi connectivity index (χ1v) is 10.1. The van der Waals surface area contributed by atoms with Gasteiger partial charge in [-0.3, -0.25) is 4.79 Å². The Morgan fingerprint density at radius 2 is 2.03 bits per heavy atom. The molecule has 1 fully saturated rings. The maximum absolute atomic E-state index is 13.2. The molecule has 0 saturated carbocycles. The van der Waals surface area contributed by atoms with Crippen LogP contribution in [0.1, 0.15) is 30.3 Å². The highest BCUT2D eigenvalue weighted by Crippen LogP contribution is 2.23. The van der Waals surface area contributed by atoms with Crippen LogP contribution in [-0.4, -0.2) is 67.3 Å². The van der Waals surface area contributed by atoms with Crippen molar-refractivity contribution in [3.8, 4) is 16.9 Å². The predicted molar refractivity (Wildman–Crippen MR) is 113 cm³/mol. The highest BCUT2D eigenvalue weighted by molar-refractivity contribution is 5.93. The fraction of sp³-hybridized carbons (Fsp3) is 0.318. The number of aromatic amines is 1. The van der Waals surface area contributed by atoms with Crippen LogP contribution in [0.2, 0.25) is 0 Å². The number of nitrogens with one attached hydrogen (secondary N) is 1. The lowest BCUT2D eigenvalue weighted by atomic mass is 10.2. The zero-order chi connectivity index (χ0) is 21.1. The van der Waals surface area contributed by atoms with Crippen LogP contribution in [0.25, 0.3) is 16.9 Å². The topological polar surface area (TPSA) is 94.5 Å². The van der Waals surface area contributed by atoms with Crippen LogP contribution in [0, 0.1) is 0 Å². The number of H-pyrrole nitrogens is 1. The number of amides is 2. The molecule has 3 heterocycles. The Morgan fingerprint density at radius 3 is 2.73 bits per heavy atom. The molecule has 8 heteroatoms. The summed E-state index contributed by atoms with van der Waals surface area (Å²) in [6, 6.07) is 13.4. The van der Waals surface area contributed by atoms with Crippen molar-refractivity contribution in [2.24, 2.45) is 0 Å². The molecule has 0 unspecified atom stereocenters. The van der Waals surface area contributed by atoms with Crippen LogP contribution in [0.15, 0.2) is 54.9 Å². The van der Waals surface area contributed by atoms with Crippen molar-refractivity contribution >= 4 is 12.0 Å². The van der Waals surface area contributed by atoms with Crippen molar-refractivity contribution in [2.75, 3.05) is 19.6 Å². The average molecular weight is 407 g/mol. The first-order valence-electron chi connectivity index (χ1n) is 10.1. The van der Waals surface area contributed by atoms with Crippen molar-refractivity contribution in [2.45, 2.75) is 25.8 Å². The Morgan fingerprint density at radius 1 is 1.23 bits per heavy atom. The Hall–Kier alpha value is -3.55. The summed E-state index contributed by atoms with van der Waals surface area (Å²) in [5.74, 6) is -0.101. The van der Waals surface area contributed by atoms with E-state index in [-0.39, 0.29) is 11.9 Å². The molecule has 2 N–H and O–H groups in total. The zero-order valence-corrected chi connectivity index (χ0v) is 16.9. The number of rotatable bonds is 6. The number of hydrogen-bond acceptors (Lipinski definition) is 3. The van der Waals surface area contributed by atoms with Crippen LogP contribution < -0.4 is 0 Å². The van der Waals surface area contributed by atoms with Crippen LogP contribution in [0.4, 0.5) is 4.79 Å². The van der Waals surface area contributed by atoms with Crippen molar-refractivity contribution < 1.29 is 14.7 Å². The first kappa shape index (κ1) is 19.8. The monoisotopic (exact) mass is 407 g/mol. The van der Waals surface area contributed by atoms with E-state index in [1.165, 1.54) is 4.90 Å². The summed E-state index contributed by atoms with van der Waals surface area (Å²) in [5.41, 5.74) is 3.16. The molecule has 1 aliphatic heterocycles. The molecule has 0 spiro atoms. The second-order valence-electron chi connectivity index (χ2n) is 7.46. The molecule has 30 heavy (non-hydrogen) atoms. The highest BCUT2D eigenvalue weighted by atomic mass is 16.4. The summed E-state index contributed by atoms with van der Waals surface area (Å²) >= 11 is 0. The zero-order valence-electron chi connectivity index (χ0n) is 16.9. The number of likely N-dealkylation sites (tertiary alicyclic amines) is 1. The van der Waals surface area contributed by atoms with Gasteiger partial charge in [-0.25, -0.2) is 9.48 Å². The Labute approximate surface area is 174 Å². The smallest absolute Gasteiger partial charge is 0.407 e. The van der Waals surface area contributed by atoms with Gasteiger partial charge in [0, 0.05) is 37.1 Å². The van der Waals surface area contributed by atoms with E-state index in [1.54, 1.807) is 21.8 Å². The van der Waals surface area contributed by atoms with E-state index in [2.05, 4.69) is 10.1 Å². The second kappa shape index (κ2) is 8.44. The molecule has 0 bridgehead atoms. The number of carbonyl (C=O) groups excluding carboxylic acids is 1. The van der Waals surface area contributed by atoms with E-state index in [9.17, 15) is 14.7 Å². The number of benzene rings is 1. The maximum Gasteiger partial charge on any atom is 0.407 e. The number of hydrogen-bond donors (Lipinski definition) is 2. The molecule has 8 nitrogen and oxygen atoms in total. The van der Waals surface area contributed by atoms with Crippen molar-refractivity contribution in [1.82, 2.24) is 24.6 Å². The molecule has 0 radical (unpaired) electrons. The minimum absolute atomic E-state index is 0.0962. The van der Waals surface area contributed by atoms with Gasteiger partial charge in [0.1, 0.15) is 5.69 Å². The molecule has 1 aromatic carbocycles. The number of nitrogens with zero attached hydrogens (tertiary/aromatic N) is 4. The summed E-state index contributed by atoms with van der Waals surface area (Å²) in [7, 11) is 0. The van der Waals surface area contributed by atoms with Gasteiger partial charge in [-0.15, -0.1) is 0 Å². The molecule has 1 saturated heterocycles. The van der Waals surface area contributed by atoms with Crippen molar-refractivity contribution in [3.05, 3.63) is 60.6 Å². The van der Waals surface area contributed by atoms with E-state index in [0.29, 0.717) is 31.7 Å². The van der Waals surface area contributed by atoms with Crippen LogP contribution in [-0.2, 0) is 0 Å². The SMILES string of the molecule is CCCN(C(=O)c1ccc(-c2cnn(-c3ccccc3)c2)[nH]1)[C@@H]1CCN(C(=O)O)C1. The van der Waals surface area contributed by atoms with Crippen molar-refractivity contribution in [3.63, 3.8) is 0 Å². The lowest BCUT2D eigenvalue weighted by molar-refractivity contribution is 0.0674. The average Bonchev–Trinajstić information content (AvgIpc) is 3.52. The van der Waals surface area contributed by atoms with E-state index in [0.717, 1.165) is 23.4 Å². The van der Waals surface area contributed by atoms with Gasteiger partial charge in [0.2, 0.25) is 0 Å². The van der Waals surface area contributed by atoms with Gasteiger partial charge in [0.05, 0.1) is 17.9 Å². The minimum atomic E-state index is -0.931. The summed E-state index contributed by atoms with van der Waals surface area (Å²) in [6.07, 6.45) is 4.22. The summed E-state index contributed by atoms with van der Waals surface area (Å²) in [4.78, 5) is 30.8. The molecule has 3 aromatic rings. The minimum Gasteiger partial charge on any atom is -0.465 e. The van der Waals surface area contributed by atoms with Gasteiger partial charge < -0.3 is 19.9 Å². The molecular formula is C22H25N5O3. The number of carbonyl (C=O) groups is 2. The molecule has 4 rings (SSSR count). The Balaban J connectivity index is 1.52. The van der Waals surface area contributed by atoms with Crippen molar-refractivity contribution in [1.29, 1.82) is 0 Å². The van der Waals surface area contributed by atoms with Crippen LogP contribution >= 0.6 is 0 Å². The highest BCUT2D eigenvalue weighted by Gasteiger charge is 2.33. The van der Waals surface area contributed by atoms with E-state index >= 15 is 0 Å². The fourth-order valence-corrected chi connectivity index (χ4v) is 3.89. The first-order chi connectivity index (χ1) is 14.6. The van der Waals surface area contributed by atoms with Gasteiger partial charge in [-0.1, -0.05) is 25.1 Å². The second-order valence-corrected chi connectivity index (χ2v) is 7.46. The van der Waals surface area contributed by atoms with Crippen LogP contribution in [0.5, 0.6) is 0 Å². The molecule has 0 aliphatic carbocycles. The maximum atomic E-state index is 13.2. The van der Waals surface area contributed by atoms with Gasteiger partial charge >= 0.3 is 6.09 Å². The van der Waals surface area contributed by atoms with E-state index in [1.807, 2.05) is 49.5 Å². The van der Waals surface area contributed by atoms with Crippen LogP contribution in [0.3, 0.4) is 0 Å². The molecule has 2 amide bonds. The van der Waals surface area contributed by atoms with Gasteiger partial charge in [0.25, 0.3) is 5.91 Å². The Kier molecular flexibility index (Phi) is 5.56. The molecule has 1 aliphatic rings. The quantitative estimate of drug-likeness (QED) is 0.654. The molecule has 1 atom stereocenters. The number of para-hydroxylation sites is 1. The summed E-state index contributed by atoms with van der Waals surface area (Å²) in [6.45, 7) is 3.43. The van der Waals surface area contributed by atoms with E-state index in [4.69, 9.17) is 0 Å². The molecule has 2 aromatic heterocycles. The largest absolute Gasteiger partial charge is 0.465 e. The number of carboxylic acid groups (broad SMARTS) is 1. The normalized spacial score (nSPS) is 16.0. The third-order valence-corrected chi connectivity index (χ3v) is 5.43. The third-order valence-electron chi connectivity index (χ3n) is 5.43. The number of aromatic nitrogens is 3. The summed E-state index contributed by atoms with van der Waals surface area (Å²) < 4.78 is 1.79. The lowest BCUT2D eigenvalue weighted by Gasteiger charge is -2.28. The molecule has 156 valence electrons. The van der Waals surface area contributed by atoms with Gasteiger partial charge in [-0.2, -0.15) is 5.10 Å². The fourth-order valence-electron chi connectivity index (χ4n) is 3.89.